The van der Waals surface area contributed by atoms with Gasteiger partial charge in [-0.15, -0.1) is 0 Å². The SMILES string of the molecule is CCc1ccc(NCC2(C(=O)O)CCC2)cc1. The van der Waals surface area contributed by atoms with Crippen LogP contribution in [-0.2, 0) is 11.2 Å². The summed E-state index contributed by atoms with van der Waals surface area (Å²) < 4.78 is 0. The smallest absolute Gasteiger partial charge is 0.311 e. The Morgan fingerprint density at radius 2 is 2.00 bits per heavy atom. The van der Waals surface area contributed by atoms with Crippen molar-refractivity contribution in [2.75, 3.05) is 11.9 Å². The third-order valence-corrected chi connectivity index (χ3v) is 3.76. The predicted octanol–water partition coefficient (Wildman–Crippen LogP) is 2.92. The molecule has 1 fully saturated rings. The Morgan fingerprint density at radius 3 is 2.41 bits per heavy atom. The van der Waals surface area contributed by atoms with Crippen LogP contribution in [0.1, 0.15) is 31.7 Å². The average Bonchev–Trinajstić information content (AvgIpc) is 2.28. The van der Waals surface area contributed by atoms with Gasteiger partial charge in [0.05, 0.1) is 5.41 Å². The van der Waals surface area contributed by atoms with Crippen molar-refractivity contribution in [3.8, 4) is 0 Å². The lowest BCUT2D eigenvalue weighted by Crippen LogP contribution is -2.43. The van der Waals surface area contributed by atoms with E-state index >= 15 is 0 Å². The van der Waals surface area contributed by atoms with Gasteiger partial charge < -0.3 is 10.4 Å². The second-order valence-electron chi connectivity index (χ2n) is 4.84. The Bertz CT molecular complexity index is 393. The molecule has 1 aromatic rings. The second-order valence-corrected chi connectivity index (χ2v) is 4.84. The quantitative estimate of drug-likeness (QED) is 0.822. The number of rotatable bonds is 5. The summed E-state index contributed by atoms with van der Waals surface area (Å²) in [6, 6.07) is 8.20. The van der Waals surface area contributed by atoms with Crippen LogP contribution < -0.4 is 5.32 Å². The van der Waals surface area contributed by atoms with E-state index in [9.17, 15) is 9.90 Å². The number of aliphatic carboxylic acids is 1. The summed E-state index contributed by atoms with van der Waals surface area (Å²) in [7, 11) is 0. The molecule has 0 spiro atoms. The summed E-state index contributed by atoms with van der Waals surface area (Å²) in [6.45, 7) is 2.66. The topological polar surface area (TPSA) is 49.3 Å². The van der Waals surface area contributed by atoms with Crippen molar-refractivity contribution in [2.45, 2.75) is 32.6 Å². The van der Waals surface area contributed by atoms with E-state index in [-0.39, 0.29) is 0 Å². The van der Waals surface area contributed by atoms with Crippen LogP contribution >= 0.6 is 0 Å². The van der Waals surface area contributed by atoms with Crippen molar-refractivity contribution in [3.63, 3.8) is 0 Å². The van der Waals surface area contributed by atoms with Crippen LogP contribution in [0.15, 0.2) is 24.3 Å². The molecule has 3 heteroatoms. The lowest BCUT2D eigenvalue weighted by atomic mass is 9.69. The van der Waals surface area contributed by atoms with E-state index in [4.69, 9.17) is 0 Å². The number of hydrogen-bond donors (Lipinski definition) is 2. The Kier molecular flexibility index (Phi) is 3.36. The van der Waals surface area contributed by atoms with Crippen LogP contribution in [0.25, 0.3) is 0 Å². The second kappa shape index (κ2) is 4.78. The molecule has 92 valence electrons. The molecule has 0 amide bonds. The first-order valence-corrected chi connectivity index (χ1v) is 6.22. The summed E-state index contributed by atoms with van der Waals surface area (Å²) in [5, 5.41) is 12.4. The Labute approximate surface area is 102 Å². The maximum absolute atomic E-state index is 11.2. The molecule has 1 aliphatic carbocycles. The lowest BCUT2D eigenvalue weighted by Gasteiger charge is -2.37. The number of benzene rings is 1. The number of hydrogen-bond acceptors (Lipinski definition) is 2. The van der Waals surface area contributed by atoms with Gasteiger partial charge in [-0.1, -0.05) is 25.5 Å². The Morgan fingerprint density at radius 1 is 1.35 bits per heavy atom. The molecule has 0 heterocycles. The van der Waals surface area contributed by atoms with Crippen molar-refractivity contribution in [3.05, 3.63) is 29.8 Å². The molecule has 0 saturated heterocycles. The van der Waals surface area contributed by atoms with E-state index < -0.39 is 11.4 Å². The number of aryl methyl sites for hydroxylation is 1. The fourth-order valence-corrected chi connectivity index (χ4v) is 2.20. The minimum Gasteiger partial charge on any atom is -0.481 e. The molecule has 1 saturated carbocycles. The largest absolute Gasteiger partial charge is 0.481 e. The van der Waals surface area contributed by atoms with Gasteiger partial charge in [0.25, 0.3) is 0 Å². The van der Waals surface area contributed by atoms with E-state index in [0.29, 0.717) is 6.54 Å². The number of nitrogens with one attached hydrogen (secondary N) is 1. The average molecular weight is 233 g/mol. The Hall–Kier alpha value is -1.51. The summed E-state index contributed by atoms with van der Waals surface area (Å²) >= 11 is 0. The molecule has 1 aliphatic rings. The van der Waals surface area contributed by atoms with Gasteiger partial charge in [0.2, 0.25) is 0 Å². The van der Waals surface area contributed by atoms with Crippen LogP contribution in [0, 0.1) is 5.41 Å². The van der Waals surface area contributed by atoms with Crippen molar-refractivity contribution in [2.24, 2.45) is 5.41 Å². The normalized spacial score (nSPS) is 17.2. The zero-order valence-electron chi connectivity index (χ0n) is 10.2. The maximum atomic E-state index is 11.2. The van der Waals surface area contributed by atoms with Crippen molar-refractivity contribution < 1.29 is 9.90 Å². The molecule has 0 aliphatic heterocycles. The minimum absolute atomic E-state index is 0.524. The summed E-state index contributed by atoms with van der Waals surface area (Å²) in [5.74, 6) is -0.665. The van der Waals surface area contributed by atoms with Crippen LogP contribution in [-0.4, -0.2) is 17.6 Å². The highest BCUT2D eigenvalue weighted by molar-refractivity contribution is 5.76. The van der Waals surface area contributed by atoms with Crippen molar-refractivity contribution in [1.29, 1.82) is 0 Å². The molecule has 0 radical (unpaired) electrons. The summed E-state index contributed by atoms with van der Waals surface area (Å²) in [4.78, 5) is 11.2. The van der Waals surface area contributed by atoms with Gasteiger partial charge in [-0.25, -0.2) is 0 Å². The predicted molar refractivity (Wildman–Crippen MR) is 68.2 cm³/mol. The van der Waals surface area contributed by atoms with Gasteiger partial charge in [0, 0.05) is 12.2 Å². The van der Waals surface area contributed by atoms with Crippen molar-refractivity contribution >= 4 is 11.7 Å². The summed E-state index contributed by atoms with van der Waals surface area (Å²) in [5.41, 5.74) is 1.78. The molecule has 3 nitrogen and oxygen atoms in total. The molecule has 17 heavy (non-hydrogen) atoms. The van der Waals surface area contributed by atoms with E-state index in [2.05, 4.69) is 24.4 Å². The van der Waals surface area contributed by atoms with E-state index in [1.807, 2.05) is 12.1 Å². The zero-order chi connectivity index (χ0) is 12.3. The molecule has 0 unspecified atom stereocenters. The van der Waals surface area contributed by atoms with E-state index in [1.165, 1.54) is 5.56 Å². The zero-order valence-corrected chi connectivity index (χ0v) is 10.2. The number of anilines is 1. The van der Waals surface area contributed by atoms with E-state index in [0.717, 1.165) is 31.4 Å². The standard InChI is InChI=1S/C14H19NO2/c1-2-11-4-6-12(7-5-11)15-10-14(13(16)17)8-3-9-14/h4-7,15H,2-3,8-10H2,1H3,(H,16,17). The first-order chi connectivity index (χ1) is 8.16. The Balaban J connectivity index is 1.94. The molecular formula is C14H19NO2. The highest BCUT2D eigenvalue weighted by Crippen LogP contribution is 2.41. The summed E-state index contributed by atoms with van der Waals surface area (Å²) in [6.07, 6.45) is 3.65. The fourth-order valence-electron chi connectivity index (χ4n) is 2.20. The van der Waals surface area contributed by atoms with Gasteiger partial charge in [-0.2, -0.15) is 0 Å². The van der Waals surface area contributed by atoms with Gasteiger partial charge in [-0.3, -0.25) is 4.79 Å². The van der Waals surface area contributed by atoms with Crippen molar-refractivity contribution in [1.82, 2.24) is 0 Å². The van der Waals surface area contributed by atoms with Crippen LogP contribution in [0.3, 0.4) is 0 Å². The molecule has 1 aromatic carbocycles. The van der Waals surface area contributed by atoms with Crippen LogP contribution in [0.2, 0.25) is 0 Å². The van der Waals surface area contributed by atoms with Crippen LogP contribution in [0.5, 0.6) is 0 Å². The minimum atomic E-state index is -0.665. The van der Waals surface area contributed by atoms with Gasteiger partial charge >= 0.3 is 5.97 Å². The highest BCUT2D eigenvalue weighted by atomic mass is 16.4. The fraction of sp³-hybridized carbons (Fsp3) is 0.500. The monoisotopic (exact) mass is 233 g/mol. The third kappa shape index (κ3) is 2.43. The first kappa shape index (κ1) is 12.0. The maximum Gasteiger partial charge on any atom is 0.311 e. The molecule has 2 rings (SSSR count). The third-order valence-electron chi connectivity index (χ3n) is 3.76. The van der Waals surface area contributed by atoms with Gasteiger partial charge in [-0.05, 0) is 37.0 Å². The first-order valence-electron chi connectivity index (χ1n) is 6.22. The number of carboxylic acids is 1. The molecule has 0 atom stereocenters. The lowest BCUT2D eigenvalue weighted by molar-refractivity contribution is -0.153. The molecule has 0 bridgehead atoms. The number of carboxylic acid groups (broad SMARTS) is 1. The molecular weight excluding hydrogens is 214 g/mol. The van der Waals surface area contributed by atoms with Crippen LogP contribution in [0.4, 0.5) is 5.69 Å². The highest BCUT2D eigenvalue weighted by Gasteiger charge is 2.44. The molecule has 0 aromatic heterocycles. The van der Waals surface area contributed by atoms with Gasteiger partial charge in [0.1, 0.15) is 0 Å². The van der Waals surface area contributed by atoms with E-state index in [1.54, 1.807) is 0 Å². The number of carbonyl (C=O) groups is 1. The molecule has 2 N–H and O–H groups in total. The van der Waals surface area contributed by atoms with Gasteiger partial charge in [0.15, 0.2) is 0 Å².